The van der Waals surface area contributed by atoms with Gasteiger partial charge >= 0.3 is 0 Å². The first kappa shape index (κ1) is 16.0. The van der Waals surface area contributed by atoms with Crippen molar-refractivity contribution in [2.75, 3.05) is 5.32 Å². The number of nitrogens with zero attached hydrogens (tertiary/aromatic N) is 4. The van der Waals surface area contributed by atoms with E-state index in [1.807, 2.05) is 37.3 Å². The second kappa shape index (κ2) is 6.11. The molecule has 0 fully saturated rings. The highest BCUT2D eigenvalue weighted by Crippen LogP contribution is 2.23. The van der Waals surface area contributed by atoms with Gasteiger partial charge in [0, 0.05) is 11.8 Å². The zero-order valence-corrected chi connectivity index (χ0v) is 14.6. The number of aromatic nitrogens is 4. The predicted molar refractivity (Wildman–Crippen MR) is 97.1 cm³/mol. The highest BCUT2D eigenvalue weighted by Gasteiger charge is 2.19. The van der Waals surface area contributed by atoms with Crippen molar-refractivity contribution in [3.05, 3.63) is 65.3 Å². The van der Waals surface area contributed by atoms with Crippen molar-refractivity contribution in [1.29, 1.82) is 0 Å². The van der Waals surface area contributed by atoms with Gasteiger partial charge in [0.05, 0.1) is 11.9 Å². The van der Waals surface area contributed by atoms with E-state index in [4.69, 9.17) is 4.52 Å². The third-order valence-electron chi connectivity index (χ3n) is 4.27. The van der Waals surface area contributed by atoms with E-state index < -0.39 is 0 Å². The molecule has 0 radical (unpaired) electrons. The highest BCUT2D eigenvalue weighted by atomic mass is 16.5. The number of nitrogens with one attached hydrogen (secondary N) is 1. The van der Waals surface area contributed by atoms with Gasteiger partial charge in [-0.05, 0) is 26.8 Å². The van der Waals surface area contributed by atoms with Crippen molar-refractivity contribution in [3.63, 3.8) is 0 Å². The second-order valence-corrected chi connectivity index (χ2v) is 6.14. The van der Waals surface area contributed by atoms with Crippen molar-refractivity contribution in [3.8, 4) is 11.3 Å². The first-order chi connectivity index (χ1) is 12.5. The lowest BCUT2D eigenvalue weighted by atomic mass is 10.1. The Bertz CT molecular complexity index is 1090. The van der Waals surface area contributed by atoms with Crippen molar-refractivity contribution >= 4 is 17.2 Å². The average molecular weight is 347 g/mol. The maximum Gasteiger partial charge on any atom is 0.261 e. The fraction of sp³-hybridized carbons (Fsp3) is 0.158. The van der Waals surface area contributed by atoms with Crippen LogP contribution < -0.4 is 5.32 Å². The van der Waals surface area contributed by atoms with Crippen LogP contribution in [0, 0.1) is 20.8 Å². The quantitative estimate of drug-likeness (QED) is 0.612. The van der Waals surface area contributed by atoms with Crippen LogP contribution in [-0.2, 0) is 0 Å². The Morgan fingerprint density at radius 2 is 1.88 bits per heavy atom. The molecular formula is C19H17N5O2. The summed E-state index contributed by atoms with van der Waals surface area (Å²) >= 11 is 0. The van der Waals surface area contributed by atoms with E-state index in [0.29, 0.717) is 28.4 Å². The molecule has 3 heterocycles. The summed E-state index contributed by atoms with van der Waals surface area (Å²) in [7, 11) is 0. The molecular weight excluding hydrogens is 330 g/mol. The molecule has 0 saturated heterocycles. The lowest BCUT2D eigenvalue weighted by Crippen LogP contribution is -2.13. The molecule has 4 aromatic rings. The smallest absolute Gasteiger partial charge is 0.261 e. The van der Waals surface area contributed by atoms with Gasteiger partial charge in [0.1, 0.15) is 16.9 Å². The van der Waals surface area contributed by atoms with E-state index in [1.54, 1.807) is 24.6 Å². The minimum atomic E-state index is -0.303. The molecule has 0 atom stereocenters. The summed E-state index contributed by atoms with van der Waals surface area (Å²) in [5, 5.41) is 11.0. The van der Waals surface area contributed by atoms with Crippen LogP contribution in [-0.4, -0.2) is 25.7 Å². The molecule has 0 aliphatic carbocycles. The third-order valence-corrected chi connectivity index (χ3v) is 4.27. The summed E-state index contributed by atoms with van der Waals surface area (Å²) in [4.78, 5) is 17.1. The van der Waals surface area contributed by atoms with E-state index in [-0.39, 0.29) is 5.91 Å². The van der Waals surface area contributed by atoms with Gasteiger partial charge in [0.25, 0.3) is 5.91 Å². The molecule has 7 nitrogen and oxygen atoms in total. The molecule has 26 heavy (non-hydrogen) atoms. The minimum Gasteiger partial charge on any atom is -0.359 e. The zero-order valence-electron chi connectivity index (χ0n) is 14.6. The maximum absolute atomic E-state index is 12.7. The molecule has 130 valence electrons. The second-order valence-electron chi connectivity index (χ2n) is 6.14. The van der Waals surface area contributed by atoms with Gasteiger partial charge in [-0.25, -0.2) is 9.50 Å². The zero-order chi connectivity index (χ0) is 18.3. The first-order valence-electron chi connectivity index (χ1n) is 8.18. The number of hydrogen-bond acceptors (Lipinski definition) is 5. The molecule has 3 aromatic heterocycles. The number of hydrogen-bond donors (Lipinski definition) is 1. The van der Waals surface area contributed by atoms with Crippen molar-refractivity contribution in [2.45, 2.75) is 20.8 Å². The SMILES string of the molecule is Cc1ccc(-c2ccnc3c(C(=O)Nc4c(C)noc4C)cnn23)cc1. The maximum atomic E-state index is 12.7. The Kier molecular flexibility index (Phi) is 3.76. The number of benzene rings is 1. The van der Waals surface area contributed by atoms with Crippen LogP contribution in [0.1, 0.15) is 27.4 Å². The van der Waals surface area contributed by atoms with E-state index in [0.717, 1.165) is 11.3 Å². The molecule has 0 aliphatic rings. The van der Waals surface area contributed by atoms with Crippen LogP contribution in [0.5, 0.6) is 0 Å². The Labute approximate surface area is 149 Å². The lowest BCUT2D eigenvalue weighted by molar-refractivity contribution is 0.102. The average Bonchev–Trinajstić information content (AvgIpc) is 3.21. The molecule has 0 bridgehead atoms. The van der Waals surface area contributed by atoms with E-state index in [1.165, 1.54) is 11.8 Å². The van der Waals surface area contributed by atoms with Gasteiger partial charge in [-0.15, -0.1) is 0 Å². The molecule has 1 aromatic carbocycles. The van der Waals surface area contributed by atoms with Gasteiger partial charge < -0.3 is 9.84 Å². The highest BCUT2D eigenvalue weighted by molar-refractivity contribution is 6.08. The van der Waals surface area contributed by atoms with Crippen molar-refractivity contribution in [2.24, 2.45) is 0 Å². The first-order valence-corrected chi connectivity index (χ1v) is 8.18. The van der Waals surface area contributed by atoms with E-state index in [9.17, 15) is 4.79 Å². The molecule has 7 heteroatoms. The Balaban J connectivity index is 1.75. The van der Waals surface area contributed by atoms with E-state index >= 15 is 0 Å². The Morgan fingerprint density at radius 1 is 1.12 bits per heavy atom. The molecule has 0 spiro atoms. The topological polar surface area (TPSA) is 85.3 Å². The van der Waals surface area contributed by atoms with Gasteiger partial charge in [-0.2, -0.15) is 5.10 Å². The monoisotopic (exact) mass is 347 g/mol. The van der Waals surface area contributed by atoms with Crippen LogP contribution in [0.25, 0.3) is 16.9 Å². The van der Waals surface area contributed by atoms with Gasteiger partial charge in [0.15, 0.2) is 11.4 Å². The standard InChI is InChI=1S/C19H17N5O2/c1-11-4-6-14(7-5-11)16-8-9-20-18-15(10-21-24(16)18)19(25)22-17-12(2)23-26-13(17)3/h4-10H,1-3H3,(H,22,25). The predicted octanol–water partition coefficient (Wildman–Crippen LogP) is 3.56. The van der Waals surface area contributed by atoms with Crippen molar-refractivity contribution in [1.82, 2.24) is 19.8 Å². The minimum absolute atomic E-state index is 0.303. The molecule has 1 N–H and O–H groups in total. The Morgan fingerprint density at radius 3 is 2.58 bits per heavy atom. The summed E-state index contributed by atoms with van der Waals surface area (Å²) in [6.07, 6.45) is 3.20. The molecule has 0 saturated carbocycles. The Hall–Kier alpha value is -3.48. The number of anilines is 1. The summed E-state index contributed by atoms with van der Waals surface area (Å²) < 4.78 is 6.76. The molecule has 0 unspecified atom stereocenters. The number of carbonyl (C=O) groups is 1. The van der Waals surface area contributed by atoms with E-state index in [2.05, 4.69) is 20.6 Å². The fourth-order valence-electron chi connectivity index (χ4n) is 2.84. The largest absolute Gasteiger partial charge is 0.359 e. The number of aryl methyl sites for hydroxylation is 3. The van der Waals surface area contributed by atoms with Crippen molar-refractivity contribution < 1.29 is 9.32 Å². The number of fused-ring (bicyclic) bond motifs is 1. The van der Waals surface area contributed by atoms with Crippen LogP contribution in [0.3, 0.4) is 0 Å². The van der Waals surface area contributed by atoms with Gasteiger partial charge in [-0.1, -0.05) is 35.0 Å². The van der Waals surface area contributed by atoms with Crippen LogP contribution in [0.15, 0.2) is 47.2 Å². The molecule has 0 aliphatic heterocycles. The fourth-order valence-corrected chi connectivity index (χ4v) is 2.84. The number of rotatable bonds is 3. The lowest BCUT2D eigenvalue weighted by Gasteiger charge is -2.06. The summed E-state index contributed by atoms with van der Waals surface area (Å²) in [5.41, 5.74) is 5.13. The van der Waals surface area contributed by atoms with Gasteiger partial charge in [0.2, 0.25) is 0 Å². The van der Waals surface area contributed by atoms with Crippen LogP contribution >= 0.6 is 0 Å². The number of carbonyl (C=O) groups excluding carboxylic acids is 1. The number of amides is 1. The van der Waals surface area contributed by atoms with Crippen LogP contribution in [0.4, 0.5) is 5.69 Å². The summed E-state index contributed by atoms with van der Waals surface area (Å²) in [6, 6.07) is 10.00. The molecule has 1 amide bonds. The van der Waals surface area contributed by atoms with Crippen LogP contribution in [0.2, 0.25) is 0 Å². The third kappa shape index (κ3) is 2.63. The summed E-state index contributed by atoms with van der Waals surface area (Å²) in [6.45, 7) is 5.56. The summed E-state index contributed by atoms with van der Waals surface area (Å²) in [5.74, 6) is 0.253. The normalized spacial score (nSPS) is 11.0. The molecule has 4 rings (SSSR count). The van der Waals surface area contributed by atoms with Gasteiger partial charge in [-0.3, -0.25) is 4.79 Å².